The van der Waals surface area contributed by atoms with Crippen LogP contribution in [-0.2, 0) is 0 Å². The van der Waals surface area contributed by atoms with Gasteiger partial charge in [-0.2, -0.15) is 0 Å². The van der Waals surface area contributed by atoms with Gasteiger partial charge in [-0.1, -0.05) is 0 Å². The first-order valence-corrected chi connectivity index (χ1v) is 3.13. The summed E-state index contributed by atoms with van der Waals surface area (Å²) in [5.41, 5.74) is 3.76. The zero-order valence-corrected chi connectivity index (χ0v) is 5.75. The van der Waals surface area contributed by atoms with E-state index < -0.39 is 0 Å². The van der Waals surface area contributed by atoms with Gasteiger partial charge in [0.25, 0.3) is 0 Å². The molecular formula is C6H13N3+. The van der Waals surface area contributed by atoms with Crippen LogP contribution in [0, 0.1) is 6.67 Å². The molecule has 1 aliphatic rings. The van der Waals surface area contributed by atoms with Crippen LogP contribution >= 0.6 is 0 Å². The Bertz CT molecular complexity index is 111. The van der Waals surface area contributed by atoms with E-state index in [1.807, 2.05) is 31.0 Å². The molecule has 3 N–H and O–H groups in total. The lowest BCUT2D eigenvalue weighted by atomic mass is 10.6. The Balaban J connectivity index is 2.24. The Morgan fingerprint density at radius 1 is 1.44 bits per heavy atom. The van der Waals surface area contributed by atoms with Crippen molar-refractivity contribution in [2.24, 2.45) is 0 Å². The van der Waals surface area contributed by atoms with Crippen LogP contribution in [0.2, 0.25) is 0 Å². The SMILES string of the molecule is CN1[CH]N(CC[NH3+])C=C1. The van der Waals surface area contributed by atoms with Crippen molar-refractivity contribution in [1.29, 1.82) is 0 Å². The lowest BCUT2D eigenvalue weighted by Gasteiger charge is -2.13. The predicted molar refractivity (Wildman–Crippen MR) is 35.7 cm³/mol. The molecule has 0 saturated heterocycles. The Hall–Kier alpha value is -0.700. The highest BCUT2D eigenvalue weighted by Gasteiger charge is 2.07. The number of nitrogens with zero attached hydrogens (tertiary/aromatic N) is 2. The van der Waals surface area contributed by atoms with E-state index >= 15 is 0 Å². The molecule has 9 heavy (non-hydrogen) atoms. The van der Waals surface area contributed by atoms with Gasteiger partial charge in [0.05, 0.1) is 13.1 Å². The van der Waals surface area contributed by atoms with Gasteiger partial charge in [-0.25, -0.2) is 0 Å². The van der Waals surface area contributed by atoms with Crippen LogP contribution in [0.5, 0.6) is 0 Å². The molecule has 0 amide bonds. The molecule has 1 rings (SSSR count). The molecule has 0 atom stereocenters. The molecule has 0 saturated carbocycles. The summed E-state index contributed by atoms with van der Waals surface area (Å²) >= 11 is 0. The molecule has 1 heterocycles. The molecule has 0 aromatic rings. The average Bonchev–Trinajstić information content (AvgIpc) is 2.17. The molecule has 1 aliphatic heterocycles. The standard InChI is InChI=1S/C6H12N3/c1-8-4-5-9(6-8)3-2-7/h4-6H,2-3,7H2,1H3/p+1. The largest absolute Gasteiger partial charge is 0.356 e. The Morgan fingerprint density at radius 3 is 2.67 bits per heavy atom. The van der Waals surface area contributed by atoms with Crippen molar-refractivity contribution in [3.8, 4) is 0 Å². The van der Waals surface area contributed by atoms with Crippen LogP contribution in [-0.4, -0.2) is 29.9 Å². The van der Waals surface area contributed by atoms with Crippen molar-refractivity contribution >= 4 is 0 Å². The highest BCUT2D eigenvalue weighted by molar-refractivity contribution is 4.94. The molecule has 51 valence electrons. The van der Waals surface area contributed by atoms with Crippen LogP contribution in [0.15, 0.2) is 12.4 Å². The summed E-state index contributed by atoms with van der Waals surface area (Å²) in [7, 11) is 2.01. The first-order valence-electron chi connectivity index (χ1n) is 3.13. The molecular weight excluding hydrogens is 114 g/mol. The third-order valence-electron chi connectivity index (χ3n) is 1.24. The third-order valence-corrected chi connectivity index (χ3v) is 1.24. The van der Waals surface area contributed by atoms with Crippen molar-refractivity contribution in [2.45, 2.75) is 0 Å². The van der Waals surface area contributed by atoms with Gasteiger partial charge in [0, 0.05) is 19.4 Å². The topological polar surface area (TPSA) is 34.1 Å². The van der Waals surface area contributed by atoms with E-state index in [2.05, 4.69) is 10.6 Å². The van der Waals surface area contributed by atoms with Crippen LogP contribution in [0.3, 0.4) is 0 Å². The van der Waals surface area contributed by atoms with E-state index in [0.29, 0.717) is 0 Å². The smallest absolute Gasteiger partial charge is 0.141 e. The van der Waals surface area contributed by atoms with E-state index in [4.69, 9.17) is 0 Å². The summed E-state index contributed by atoms with van der Waals surface area (Å²) in [6.07, 6.45) is 4.07. The fourth-order valence-corrected chi connectivity index (χ4v) is 0.817. The minimum atomic E-state index is 0.953. The lowest BCUT2D eigenvalue weighted by molar-refractivity contribution is -0.367. The van der Waals surface area contributed by atoms with Crippen LogP contribution < -0.4 is 5.73 Å². The number of hydrogen-bond acceptors (Lipinski definition) is 2. The van der Waals surface area contributed by atoms with E-state index in [1.165, 1.54) is 0 Å². The molecule has 0 aliphatic carbocycles. The first kappa shape index (κ1) is 6.42. The second kappa shape index (κ2) is 2.73. The zero-order chi connectivity index (χ0) is 6.69. The highest BCUT2D eigenvalue weighted by Crippen LogP contribution is 2.05. The Morgan fingerprint density at radius 2 is 2.22 bits per heavy atom. The quantitative estimate of drug-likeness (QED) is 0.520. The van der Waals surface area contributed by atoms with E-state index in [1.54, 1.807) is 0 Å². The summed E-state index contributed by atoms with van der Waals surface area (Å²) in [6.45, 7) is 4.01. The third kappa shape index (κ3) is 1.61. The number of hydrogen-bond donors (Lipinski definition) is 1. The molecule has 3 heteroatoms. The van der Waals surface area contributed by atoms with Crippen molar-refractivity contribution in [1.82, 2.24) is 9.80 Å². The maximum absolute atomic E-state index is 3.76. The van der Waals surface area contributed by atoms with Crippen molar-refractivity contribution < 1.29 is 5.73 Å². The summed E-state index contributed by atoms with van der Waals surface area (Å²) in [5.74, 6) is 0. The summed E-state index contributed by atoms with van der Waals surface area (Å²) < 4.78 is 0. The lowest BCUT2D eigenvalue weighted by Crippen LogP contribution is -2.54. The molecule has 0 unspecified atom stereocenters. The second-order valence-corrected chi connectivity index (χ2v) is 2.17. The molecule has 3 nitrogen and oxygen atoms in total. The van der Waals surface area contributed by atoms with Crippen LogP contribution in [0.25, 0.3) is 0 Å². The van der Waals surface area contributed by atoms with Gasteiger partial charge in [-0.3, -0.25) is 0 Å². The van der Waals surface area contributed by atoms with Gasteiger partial charge in [-0.15, -0.1) is 0 Å². The van der Waals surface area contributed by atoms with Gasteiger partial charge in [0.2, 0.25) is 0 Å². The first-order chi connectivity index (χ1) is 4.33. The maximum Gasteiger partial charge on any atom is 0.141 e. The van der Waals surface area contributed by atoms with Gasteiger partial charge < -0.3 is 15.5 Å². The minimum Gasteiger partial charge on any atom is -0.356 e. The fraction of sp³-hybridized carbons (Fsp3) is 0.500. The number of rotatable bonds is 2. The maximum atomic E-state index is 3.76. The van der Waals surface area contributed by atoms with Gasteiger partial charge in [-0.05, 0) is 0 Å². The van der Waals surface area contributed by atoms with E-state index in [9.17, 15) is 0 Å². The van der Waals surface area contributed by atoms with E-state index in [0.717, 1.165) is 13.1 Å². The second-order valence-electron chi connectivity index (χ2n) is 2.17. The molecule has 0 bridgehead atoms. The average molecular weight is 127 g/mol. The van der Waals surface area contributed by atoms with Crippen LogP contribution in [0.1, 0.15) is 0 Å². The Labute approximate surface area is 55.7 Å². The van der Waals surface area contributed by atoms with Gasteiger partial charge >= 0.3 is 0 Å². The summed E-state index contributed by atoms with van der Waals surface area (Å²) in [6, 6.07) is 0. The van der Waals surface area contributed by atoms with Crippen molar-refractivity contribution in [3.63, 3.8) is 0 Å². The summed E-state index contributed by atoms with van der Waals surface area (Å²) in [5, 5.41) is 0. The minimum absolute atomic E-state index is 0.953. The highest BCUT2D eigenvalue weighted by atomic mass is 15.3. The zero-order valence-electron chi connectivity index (χ0n) is 5.75. The summed E-state index contributed by atoms with van der Waals surface area (Å²) in [4.78, 5) is 4.14. The van der Waals surface area contributed by atoms with E-state index in [-0.39, 0.29) is 0 Å². The molecule has 0 aromatic heterocycles. The predicted octanol–water partition coefficient (Wildman–Crippen LogP) is -0.934. The normalized spacial score (nSPS) is 17.6. The van der Waals surface area contributed by atoms with Gasteiger partial charge in [0.15, 0.2) is 0 Å². The molecule has 0 aromatic carbocycles. The van der Waals surface area contributed by atoms with Crippen LogP contribution in [0.4, 0.5) is 0 Å². The monoisotopic (exact) mass is 127 g/mol. The fourth-order valence-electron chi connectivity index (χ4n) is 0.817. The molecule has 0 fully saturated rings. The molecule has 0 spiro atoms. The van der Waals surface area contributed by atoms with Gasteiger partial charge in [0.1, 0.15) is 6.67 Å². The molecule has 1 radical (unpaired) electrons. The van der Waals surface area contributed by atoms with Crippen molar-refractivity contribution in [3.05, 3.63) is 19.1 Å². The Kier molecular flexibility index (Phi) is 1.95. The number of quaternary nitrogens is 1. The van der Waals surface area contributed by atoms with Crippen molar-refractivity contribution in [2.75, 3.05) is 20.1 Å².